The lowest BCUT2D eigenvalue weighted by Gasteiger charge is -2.43. The Bertz CT molecular complexity index is 415. The van der Waals surface area contributed by atoms with Crippen LogP contribution < -0.4 is 5.73 Å². The molecule has 2 unspecified atom stereocenters. The molecule has 0 bridgehead atoms. The summed E-state index contributed by atoms with van der Waals surface area (Å²) in [4.78, 5) is 0. The van der Waals surface area contributed by atoms with Gasteiger partial charge in [-0.15, -0.1) is 0 Å². The number of rotatable bonds is 6. The van der Waals surface area contributed by atoms with Crippen molar-refractivity contribution in [2.75, 3.05) is 13.7 Å². The van der Waals surface area contributed by atoms with Gasteiger partial charge in [-0.05, 0) is 30.9 Å². The van der Waals surface area contributed by atoms with Crippen LogP contribution >= 0.6 is 15.9 Å². The zero-order valence-electron chi connectivity index (χ0n) is 11.3. The van der Waals surface area contributed by atoms with Crippen molar-refractivity contribution in [3.8, 4) is 0 Å². The largest absolute Gasteiger partial charge is 0.392 e. The first-order chi connectivity index (χ1) is 9.12. The molecule has 3 N–H and O–H groups in total. The summed E-state index contributed by atoms with van der Waals surface area (Å²) < 4.78 is 6.60. The molecule has 2 rings (SSSR count). The molecule has 19 heavy (non-hydrogen) atoms. The molecule has 0 heterocycles. The molecule has 0 amide bonds. The topological polar surface area (TPSA) is 55.5 Å². The molecular formula is C15H22BrNO2. The van der Waals surface area contributed by atoms with Crippen LogP contribution in [0.5, 0.6) is 0 Å². The van der Waals surface area contributed by atoms with Crippen LogP contribution in [-0.2, 0) is 4.74 Å². The maximum atomic E-state index is 10.5. The van der Waals surface area contributed by atoms with Gasteiger partial charge in [-0.2, -0.15) is 0 Å². The Hall–Kier alpha value is -0.420. The number of aliphatic hydroxyl groups is 1. The van der Waals surface area contributed by atoms with Crippen molar-refractivity contribution in [3.63, 3.8) is 0 Å². The van der Waals surface area contributed by atoms with Gasteiger partial charge in [0.25, 0.3) is 0 Å². The zero-order valence-corrected chi connectivity index (χ0v) is 12.9. The van der Waals surface area contributed by atoms with Gasteiger partial charge in [-0.1, -0.05) is 34.1 Å². The first kappa shape index (κ1) is 15.0. The number of ether oxygens (including phenoxy) is 1. The molecule has 0 spiro atoms. The number of benzene rings is 1. The third-order valence-corrected chi connectivity index (χ3v) is 5.02. The van der Waals surface area contributed by atoms with E-state index in [1.54, 1.807) is 7.11 Å². The molecule has 1 aromatic rings. The molecule has 3 nitrogen and oxygen atoms in total. The van der Waals surface area contributed by atoms with Crippen LogP contribution in [0, 0.1) is 0 Å². The van der Waals surface area contributed by atoms with Crippen LogP contribution in [0.4, 0.5) is 0 Å². The molecule has 1 aliphatic rings. The molecule has 1 aromatic carbocycles. The van der Waals surface area contributed by atoms with E-state index in [4.69, 9.17) is 10.5 Å². The van der Waals surface area contributed by atoms with E-state index in [2.05, 4.69) is 15.9 Å². The second kappa shape index (κ2) is 6.35. The highest BCUT2D eigenvalue weighted by Crippen LogP contribution is 2.41. The third kappa shape index (κ3) is 3.19. The Kier molecular flexibility index (Phi) is 5.01. The van der Waals surface area contributed by atoms with E-state index in [0.717, 1.165) is 22.9 Å². The molecule has 0 aliphatic heterocycles. The van der Waals surface area contributed by atoms with Crippen LogP contribution in [0.25, 0.3) is 0 Å². The van der Waals surface area contributed by atoms with Gasteiger partial charge < -0.3 is 15.6 Å². The fourth-order valence-corrected chi connectivity index (χ4v) is 3.43. The molecule has 106 valence electrons. The third-order valence-electron chi connectivity index (χ3n) is 4.30. The van der Waals surface area contributed by atoms with Crippen LogP contribution in [0.1, 0.15) is 37.2 Å². The van der Waals surface area contributed by atoms with Gasteiger partial charge in [0, 0.05) is 30.5 Å². The van der Waals surface area contributed by atoms with E-state index < -0.39 is 6.10 Å². The van der Waals surface area contributed by atoms with Crippen LogP contribution in [0.3, 0.4) is 0 Å². The summed E-state index contributed by atoms with van der Waals surface area (Å²) in [6.45, 7) is 0.434. The predicted molar refractivity (Wildman–Crippen MR) is 80.2 cm³/mol. The highest BCUT2D eigenvalue weighted by atomic mass is 79.9. The Morgan fingerprint density at radius 1 is 1.42 bits per heavy atom. The minimum Gasteiger partial charge on any atom is -0.392 e. The summed E-state index contributed by atoms with van der Waals surface area (Å²) >= 11 is 3.54. The minimum absolute atomic E-state index is 0.0526. The van der Waals surface area contributed by atoms with Gasteiger partial charge >= 0.3 is 0 Å². The fraction of sp³-hybridized carbons (Fsp3) is 0.600. The van der Waals surface area contributed by atoms with Gasteiger partial charge in [-0.25, -0.2) is 0 Å². The highest BCUT2D eigenvalue weighted by Gasteiger charge is 2.40. The fourth-order valence-electron chi connectivity index (χ4n) is 2.85. The molecule has 0 saturated heterocycles. The van der Waals surface area contributed by atoms with E-state index in [-0.39, 0.29) is 11.5 Å². The number of hydrogen-bond acceptors (Lipinski definition) is 3. The predicted octanol–water partition coefficient (Wildman–Crippen LogP) is 2.81. The van der Waals surface area contributed by atoms with Gasteiger partial charge in [0.05, 0.1) is 11.7 Å². The maximum Gasteiger partial charge on any atom is 0.0703 e. The van der Waals surface area contributed by atoms with Crippen molar-refractivity contribution >= 4 is 15.9 Å². The molecular weight excluding hydrogens is 306 g/mol. The number of nitrogens with two attached hydrogens (primary N) is 1. The highest BCUT2D eigenvalue weighted by molar-refractivity contribution is 9.10. The normalized spacial score (nSPS) is 20.6. The van der Waals surface area contributed by atoms with E-state index in [1.807, 2.05) is 24.3 Å². The summed E-state index contributed by atoms with van der Waals surface area (Å²) in [7, 11) is 1.74. The standard InChI is InChI=1S/C15H22BrNO2/c1-19-15(7-4-8-15)9-14(18)12(10-17)11-5-2-3-6-13(11)16/h2-3,5-6,12,14,18H,4,7-10,17H2,1H3. The van der Waals surface area contributed by atoms with Gasteiger partial charge in [0.1, 0.15) is 0 Å². The average Bonchev–Trinajstić information content (AvgIpc) is 2.37. The lowest BCUT2D eigenvalue weighted by atomic mass is 9.73. The number of methoxy groups -OCH3 is 1. The molecule has 0 aromatic heterocycles. The SMILES string of the molecule is COC1(CC(O)C(CN)c2ccccc2Br)CCC1. The number of aliphatic hydroxyl groups excluding tert-OH is 1. The molecule has 4 heteroatoms. The quantitative estimate of drug-likeness (QED) is 0.844. The lowest BCUT2D eigenvalue weighted by molar-refractivity contribution is -0.102. The Balaban J connectivity index is 2.11. The van der Waals surface area contributed by atoms with Crippen molar-refractivity contribution in [2.45, 2.75) is 43.3 Å². The molecule has 0 radical (unpaired) electrons. The van der Waals surface area contributed by atoms with Gasteiger partial charge in [-0.3, -0.25) is 0 Å². The van der Waals surface area contributed by atoms with Crippen molar-refractivity contribution in [2.24, 2.45) is 5.73 Å². The Morgan fingerprint density at radius 3 is 2.58 bits per heavy atom. The summed E-state index contributed by atoms with van der Waals surface area (Å²) in [6, 6.07) is 7.95. The minimum atomic E-state index is -0.469. The summed E-state index contributed by atoms with van der Waals surface area (Å²) in [5.74, 6) is -0.0526. The maximum absolute atomic E-state index is 10.5. The smallest absolute Gasteiger partial charge is 0.0703 e. The summed E-state index contributed by atoms with van der Waals surface area (Å²) in [5.41, 5.74) is 6.81. The van der Waals surface area contributed by atoms with Crippen molar-refractivity contribution < 1.29 is 9.84 Å². The molecule has 1 aliphatic carbocycles. The summed E-state index contributed by atoms with van der Waals surface area (Å²) in [6.07, 6.45) is 3.45. The van der Waals surface area contributed by atoms with Crippen LogP contribution in [0.2, 0.25) is 0 Å². The van der Waals surface area contributed by atoms with Crippen molar-refractivity contribution in [1.82, 2.24) is 0 Å². The average molecular weight is 328 g/mol. The van der Waals surface area contributed by atoms with Gasteiger partial charge in [0.15, 0.2) is 0 Å². The second-order valence-electron chi connectivity index (χ2n) is 5.38. The molecule has 1 saturated carbocycles. The monoisotopic (exact) mass is 327 g/mol. The number of halogens is 1. The number of hydrogen-bond donors (Lipinski definition) is 2. The Labute approximate surface area is 123 Å². The lowest BCUT2D eigenvalue weighted by Crippen LogP contribution is -2.44. The summed E-state index contributed by atoms with van der Waals surface area (Å²) in [5, 5.41) is 10.5. The van der Waals surface area contributed by atoms with Crippen LogP contribution in [0.15, 0.2) is 28.7 Å². The zero-order chi connectivity index (χ0) is 13.9. The van der Waals surface area contributed by atoms with Crippen molar-refractivity contribution in [3.05, 3.63) is 34.3 Å². The van der Waals surface area contributed by atoms with E-state index in [1.165, 1.54) is 6.42 Å². The van der Waals surface area contributed by atoms with Crippen LogP contribution in [-0.4, -0.2) is 30.5 Å². The van der Waals surface area contributed by atoms with E-state index in [9.17, 15) is 5.11 Å². The van der Waals surface area contributed by atoms with E-state index in [0.29, 0.717) is 13.0 Å². The van der Waals surface area contributed by atoms with E-state index >= 15 is 0 Å². The second-order valence-corrected chi connectivity index (χ2v) is 6.23. The Morgan fingerprint density at radius 2 is 2.11 bits per heavy atom. The van der Waals surface area contributed by atoms with Gasteiger partial charge in [0.2, 0.25) is 0 Å². The van der Waals surface area contributed by atoms with Crippen molar-refractivity contribution in [1.29, 1.82) is 0 Å². The first-order valence-corrected chi connectivity index (χ1v) is 7.59. The molecule has 2 atom stereocenters. The first-order valence-electron chi connectivity index (χ1n) is 6.79. The molecule has 1 fully saturated rings.